The van der Waals surface area contributed by atoms with Gasteiger partial charge < -0.3 is 5.32 Å². The van der Waals surface area contributed by atoms with E-state index in [0.717, 1.165) is 17.5 Å². The van der Waals surface area contributed by atoms with Gasteiger partial charge in [0.15, 0.2) is 0 Å². The summed E-state index contributed by atoms with van der Waals surface area (Å²) in [6, 6.07) is 9.32. The summed E-state index contributed by atoms with van der Waals surface area (Å²) in [5.74, 6) is 0. The molecule has 0 bridgehead atoms. The number of benzene rings is 2. The molecule has 3 rings (SSSR count). The average Bonchev–Trinajstić information content (AvgIpc) is 2.75. The summed E-state index contributed by atoms with van der Waals surface area (Å²) in [5, 5.41) is 3.96. The lowest BCUT2D eigenvalue weighted by Crippen LogP contribution is -2.05. The second-order valence-electron chi connectivity index (χ2n) is 4.77. The number of anilines is 2. The summed E-state index contributed by atoms with van der Waals surface area (Å²) < 4.78 is 61.5. The fourth-order valence-electron chi connectivity index (χ4n) is 2.23. The van der Waals surface area contributed by atoms with E-state index in [1.165, 1.54) is 18.2 Å². The van der Waals surface area contributed by atoms with Crippen molar-refractivity contribution in [3.8, 4) is 0 Å². The van der Waals surface area contributed by atoms with Crippen molar-refractivity contribution in [2.45, 2.75) is 11.1 Å². The SMILES string of the molecule is O=S1(=O)C=Cc2cccc(Nc3ccc(C(F)(F)F)cc3)c21. The summed E-state index contributed by atoms with van der Waals surface area (Å²) >= 11 is 0. The van der Waals surface area contributed by atoms with Gasteiger partial charge in [0.05, 0.1) is 11.3 Å². The van der Waals surface area contributed by atoms with Gasteiger partial charge in [-0.1, -0.05) is 12.1 Å². The zero-order chi connectivity index (χ0) is 16.0. The molecule has 0 saturated heterocycles. The number of rotatable bonds is 2. The standard InChI is InChI=1S/C15H10F3NO2S/c16-15(17,18)11-4-6-12(7-5-11)19-13-3-1-2-10-8-9-22(20,21)14(10)13/h1-9,19H. The highest BCUT2D eigenvalue weighted by molar-refractivity contribution is 7.95. The summed E-state index contributed by atoms with van der Waals surface area (Å²) in [5.41, 5.74) is 0.508. The first-order valence-electron chi connectivity index (χ1n) is 6.28. The van der Waals surface area contributed by atoms with Crippen LogP contribution >= 0.6 is 0 Å². The van der Waals surface area contributed by atoms with Gasteiger partial charge in [-0.3, -0.25) is 0 Å². The fourth-order valence-corrected chi connectivity index (χ4v) is 3.58. The van der Waals surface area contributed by atoms with Crippen molar-refractivity contribution in [3.05, 3.63) is 59.0 Å². The minimum atomic E-state index is -4.40. The van der Waals surface area contributed by atoms with Crippen molar-refractivity contribution in [1.82, 2.24) is 0 Å². The maximum absolute atomic E-state index is 12.5. The van der Waals surface area contributed by atoms with E-state index in [9.17, 15) is 21.6 Å². The van der Waals surface area contributed by atoms with Gasteiger partial charge in [0.1, 0.15) is 4.90 Å². The van der Waals surface area contributed by atoms with Crippen molar-refractivity contribution in [3.63, 3.8) is 0 Å². The van der Waals surface area contributed by atoms with Crippen molar-refractivity contribution in [2.75, 3.05) is 5.32 Å². The molecule has 3 nitrogen and oxygen atoms in total. The van der Waals surface area contributed by atoms with Crippen molar-refractivity contribution in [2.24, 2.45) is 0 Å². The number of hydrogen-bond acceptors (Lipinski definition) is 3. The number of sulfone groups is 1. The zero-order valence-corrected chi connectivity index (χ0v) is 11.9. The van der Waals surface area contributed by atoms with Crippen LogP contribution in [0.3, 0.4) is 0 Å². The lowest BCUT2D eigenvalue weighted by Gasteiger charge is -2.12. The molecule has 0 radical (unpaired) electrons. The van der Waals surface area contributed by atoms with Crippen molar-refractivity contribution < 1.29 is 21.6 Å². The minimum absolute atomic E-state index is 0.134. The van der Waals surface area contributed by atoms with Gasteiger partial charge in [-0.2, -0.15) is 13.2 Å². The Labute approximate surface area is 125 Å². The largest absolute Gasteiger partial charge is 0.416 e. The molecule has 2 aromatic rings. The van der Waals surface area contributed by atoms with Gasteiger partial charge in [-0.05, 0) is 42.0 Å². The average molecular weight is 325 g/mol. The molecule has 0 saturated carbocycles. The van der Waals surface area contributed by atoms with E-state index in [1.807, 2.05) is 0 Å². The van der Waals surface area contributed by atoms with E-state index >= 15 is 0 Å². The Bertz CT molecular complexity index is 853. The predicted octanol–water partition coefficient (Wildman–Crippen LogP) is 4.21. The van der Waals surface area contributed by atoms with E-state index in [1.54, 1.807) is 18.2 Å². The van der Waals surface area contributed by atoms with Crippen LogP contribution in [-0.4, -0.2) is 8.42 Å². The molecular weight excluding hydrogens is 315 g/mol. The second kappa shape index (κ2) is 4.88. The molecule has 22 heavy (non-hydrogen) atoms. The molecule has 0 unspecified atom stereocenters. The van der Waals surface area contributed by atoms with Gasteiger partial charge in [-0.15, -0.1) is 0 Å². The molecule has 1 N–H and O–H groups in total. The molecule has 0 aromatic heterocycles. The first-order chi connectivity index (χ1) is 10.3. The maximum Gasteiger partial charge on any atom is 0.416 e. The van der Waals surface area contributed by atoms with Gasteiger partial charge in [0.2, 0.25) is 9.84 Å². The smallest absolute Gasteiger partial charge is 0.354 e. The van der Waals surface area contributed by atoms with Crippen LogP contribution in [0.25, 0.3) is 6.08 Å². The van der Waals surface area contributed by atoms with E-state index in [4.69, 9.17) is 0 Å². The van der Waals surface area contributed by atoms with Gasteiger partial charge in [-0.25, -0.2) is 8.42 Å². The number of hydrogen-bond donors (Lipinski definition) is 1. The Morgan fingerprint density at radius 3 is 2.27 bits per heavy atom. The quantitative estimate of drug-likeness (QED) is 0.900. The van der Waals surface area contributed by atoms with Crippen LogP contribution in [0.5, 0.6) is 0 Å². The van der Waals surface area contributed by atoms with Crippen molar-refractivity contribution in [1.29, 1.82) is 0 Å². The summed E-state index contributed by atoms with van der Waals surface area (Å²) in [4.78, 5) is 0.134. The lowest BCUT2D eigenvalue weighted by molar-refractivity contribution is -0.137. The number of fused-ring (bicyclic) bond motifs is 1. The van der Waals surface area contributed by atoms with Crippen LogP contribution in [0.15, 0.2) is 52.8 Å². The van der Waals surface area contributed by atoms with Crippen LogP contribution in [-0.2, 0) is 16.0 Å². The molecular formula is C15H10F3NO2S. The first kappa shape index (κ1) is 14.6. The van der Waals surface area contributed by atoms with Crippen LogP contribution in [0.4, 0.5) is 24.5 Å². The molecule has 0 atom stereocenters. The second-order valence-corrected chi connectivity index (χ2v) is 6.54. The highest BCUT2D eigenvalue weighted by Gasteiger charge is 2.30. The number of nitrogens with one attached hydrogen (secondary N) is 1. The molecule has 1 aliphatic rings. The third-order valence-electron chi connectivity index (χ3n) is 3.25. The van der Waals surface area contributed by atoms with Crippen LogP contribution in [0.1, 0.15) is 11.1 Å². The topological polar surface area (TPSA) is 46.2 Å². The molecule has 0 aliphatic carbocycles. The Kier molecular flexibility index (Phi) is 3.25. The van der Waals surface area contributed by atoms with Crippen molar-refractivity contribution >= 4 is 27.3 Å². The van der Waals surface area contributed by atoms with Gasteiger partial charge in [0.25, 0.3) is 0 Å². The normalized spacial score (nSPS) is 15.6. The summed E-state index contributed by atoms with van der Waals surface area (Å²) in [6.45, 7) is 0. The molecule has 1 aliphatic heterocycles. The molecule has 1 heterocycles. The van der Waals surface area contributed by atoms with E-state index < -0.39 is 21.6 Å². The van der Waals surface area contributed by atoms with Crippen LogP contribution in [0.2, 0.25) is 0 Å². The van der Waals surface area contributed by atoms with E-state index in [-0.39, 0.29) is 4.90 Å². The number of halogens is 3. The first-order valence-corrected chi connectivity index (χ1v) is 7.82. The molecule has 2 aromatic carbocycles. The Hall–Kier alpha value is -2.28. The summed E-state index contributed by atoms with van der Waals surface area (Å²) in [6.07, 6.45) is -2.91. The summed E-state index contributed by atoms with van der Waals surface area (Å²) in [7, 11) is -3.51. The third kappa shape index (κ3) is 2.59. The van der Waals surface area contributed by atoms with Gasteiger partial charge >= 0.3 is 6.18 Å². The highest BCUT2D eigenvalue weighted by Crippen LogP contribution is 2.35. The molecule has 0 fully saturated rings. The Balaban J connectivity index is 1.95. The monoisotopic (exact) mass is 325 g/mol. The molecule has 0 spiro atoms. The van der Waals surface area contributed by atoms with Crippen LogP contribution < -0.4 is 5.32 Å². The number of alkyl halides is 3. The Morgan fingerprint density at radius 1 is 0.955 bits per heavy atom. The highest BCUT2D eigenvalue weighted by atomic mass is 32.2. The van der Waals surface area contributed by atoms with E-state index in [0.29, 0.717) is 16.9 Å². The zero-order valence-electron chi connectivity index (χ0n) is 11.1. The minimum Gasteiger partial charge on any atom is -0.354 e. The molecule has 7 heteroatoms. The third-order valence-corrected chi connectivity index (χ3v) is 4.77. The molecule has 114 valence electrons. The lowest BCUT2D eigenvalue weighted by atomic mass is 10.1. The molecule has 0 amide bonds. The Morgan fingerprint density at radius 2 is 1.64 bits per heavy atom. The van der Waals surface area contributed by atoms with E-state index in [2.05, 4.69) is 5.32 Å². The predicted molar refractivity (Wildman–Crippen MR) is 77.4 cm³/mol. The fraction of sp³-hybridized carbons (Fsp3) is 0.0667. The maximum atomic E-state index is 12.5. The van der Waals surface area contributed by atoms with Gasteiger partial charge in [0, 0.05) is 11.1 Å². The van der Waals surface area contributed by atoms with Crippen LogP contribution in [0, 0.1) is 0 Å².